The van der Waals surface area contributed by atoms with Crippen LogP contribution in [0.15, 0.2) is 18.4 Å². The molecule has 0 saturated heterocycles. The summed E-state index contributed by atoms with van der Waals surface area (Å²) in [4.78, 5) is 11.1. The van der Waals surface area contributed by atoms with Crippen molar-refractivity contribution < 1.29 is 9.90 Å². The molecule has 2 atom stereocenters. The van der Waals surface area contributed by atoms with Crippen molar-refractivity contribution in [2.75, 3.05) is 0 Å². The Morgan fingerprint density at radius 1 is 1.73 bits per heavy atom. The quantitative estimate of drug-likeness (QED) is 0.570. The lowest BCUT2D eigenvalue weighted by Gasteiger charge is -2.22. The van der Waals surface area contributed by atoms with Gasteiger partial charge in [-0.3, -0.25) is 4.79 Å². The van der Waals surface area contributed by atoms with E-state index in [0.29, 0.717) is 12.8 Å². The van der Waals surface area contributed by atoms with E-state index >= 15 is 0 Å². The zero-order chi connectivity index (χ0) is 8.27. The average molecular weight is 152 g/mol. The van der Waals surface area contributed by atoms with Gasteiger partial charge in [-0.15, -0.1) is 5.73 Å². The predicted molar refractivity (Wildman–Crippen MR) is 42.1 cm³/mol. The van der Waals surface area contributed by atoms with Gasteiger partial charge >= 0.3 is 0 Å². The van der Waals surface area contributed by atoms with Crippen LogP contribution in [-0.4, -0.2) is 17.0 Å². The van der Waals surface area contributed by atoms with Crippen molar-refractivity contribution in [3.63, 3.8) is 0 Å². The van der Waals surface area contributed by atoms with E-state index in [-0.39, 0.29) is 11.7 Å². The molecule has 1 fully saturated rings. The minimum atomic E-state index is -0.509. The molecule has 2 heteroatoms. The highest BCUT2D eigenvalue weighted by Gasteiger charge is 2.27. The molecule has 11 heavy (non-hydrogen) atoms. The lowest BCUT2D eigenvalue weighted by molar-refractivity contribution is -0.126. The van der Waals surface area contributed by atoms with Crippen molar-refractivity contribution >= 4 is 5.78 Å². The van der Waals surface area contributed by atoms with Gasteiger partial charge in [0.25, 0.3) is 0 Å². The molecular weight excluding hydrogens is 140 g/mol. The molecule has 60 valence electrons. The molecule has 0 aromatic rings. The minimum absolute atomic E-state index is 0.111. The van der Waals surface area contributed by atoms with E-state index in [1.807, 2.05) is 0 Å². The van der Waals surface area contributed by atoms with Gasteiger partial charge in [0.1, 0.15) is 5.78 Å². The molecule has 0 amide bonds. The summed E-state index contributed by atoms with van der Waals surface area (Å²) in [6.45, 7) is 3.38. The Morgan fingerprint density at radius 2 is 2.45 bits per heavy atom. The average Bonchev–Trinajstić information content (AvgIpc) is 1.97. The number of Topliss-reactive ketones (excluding diaryl/α,β-unsaturated/α-hetero) is 1. The molecule has 2 nitrogen and oxygen atoms in total. The summed E-state index contributed by atoms with van der Waals surface area (Å²) < 4.78 is 0. The second-order valence-corrected chi connectivity index (χ2v) is 2.82. The van der Waals surface area contributed by atoms with Crippen molar-refractivity contribution in [1.82, 2.24) is 0 Å². The largest absolute Gasteiger partial charge is 0.392 e. The van der Waals surface area contributed by atoms with E-state index in [1.54, 1.807) is 6.08 Å². The zero-order valence-electron chi connectivity index (χ0n) is 6.42. The van der Waals surface area contributed by atoms with Gasteiger partial charge in [-0.05, 0) is 18.9 Å². The Morgan fingerprint density at radius 3 is 3.00 bits per heavy atom. The maximum Gasteiger partial charge on any atom is 0.142 e. The standard InChI is InChI=1S/C9H12O2/c1-2-4-7-8(10)5-3-6-9(7)11/h4,7-8,10H,1,3,5-6H2. The first-order valence-electron chi connectivity index (χ1n) is 3.82. The molecule has 1 aliphatic rings. The van der Waals surface area contributed by atoms with Crippen molar-refractivity contribution in [3.05, 3.63) is 18.4 Å². The predicted octanol–water partition coefficient (Wildman–Crippen LogP) is 1.06. The number of carbonyl (C=O) groups excluding carboxylic acids is 1. The van der Waals surface area contributed by atoms with Gasteiger partial charge in [0.2, 0.25) is 0 Å². The Balaban J connectivity index is 2.70. The molecule has 1 saturated carbocycles. The van der Waals surface area contributed by atoms with Crippen LogP contribution in [0.5, 0.6) is 0 Å². The molecule has 2 unspecified atom stereocenters. The third kappa shape index (κ3) is 1.79. The summed E-state index contributed by atoms with van der Waals surface area (Å²) in [7, 11) is 0. The van der Waals surface area contributed by atoms with Crippen molar-refractivity contribution in [3.8, 4) is 0 Å². The summed E-state index contributed by atoms with van der Waals surface area (Å²) in [6.07, 6.45) is 3.16. The van der Waals surface area contributed by atoms with Crippen LogP contribution in [0.1, 0.15) is 19.3 Å². The van der Waals surface area contributed by atoms with Crippen LogP contribution in [0, 0.1) is 5.92 Å². The Labute approximate surface area is 66.2 Å². The second-order valence-electron chi connectivity index (χ2n) is 2.82. The highest BCUT2D eigenvalue weighted by atomic mass is 16.3. The molecular formula is C9H12O2. The number of rotatable bonds is 1. The first-order chi connectivity index (χ1) is 5.25. The second kappa shape index (κ2) is 3.51. The maximum atomic E-state index is 11.1. The molecule has 0 aromatic heterocycles. The normalized spacial score (nSPS) is 31.2. The van der Waals surface area contributed by atoms with Crippen molar-refractivity contribution in [1.29, 1.82) is 0 Å². The van der Waals surface area contributed by atoms with E-state index in [9.17, 15) is 9.90 Å². The van der Waals surface area contributed by atoms with Crippen LogP contribution in [0.3, 0.4) is 0 Å². The fourth-order valence-electron chi connectivity index (χ4n) is 1.38. The van der Waals surface area contributed by atoms with Crippen molar-refractivity contribution in [2.45, 2.75) is 25.4 Å². The summed E-state index contributed by atoms with van der Waals surface area (Å²) >= 11 is 0. The van der Waals surface area contributed by atoms with Gasteiger partial charge in [-0.1, -0.05) is 6.58 Å². The highest BCUT2D eigenvalue weighted by Crippen LogP contribution is 2.21. The molecule has 0 aliphatic heterocycles. The van der Waals surface area contributed by atoms with E-state index in [4.69, 9.17) is 0 Å². The van der Waals surface area contributed by atoms with Gasteiger partial charge in [0, 0.05) is 6.42 Å². The third-order valence-corrected chi connectivity index (χ3v) is 2.01. The van der Waals surface area contributed by atoms with Crippen molar-refractivity contribution in [2.24, 2.45) is 5.92 Å². The first kappa shape index (κ1) is 8.25. The lowest BCUT2D eigenvalue weighted by Crippen LogP contribution is -2.30. The number of ketones is 1. The van der Waals surface area contributed by atoms with Gasteiger partial charge in [0.05, 0.1) is 12.0 Å². The van der Waals surface area contributed by atoms with Gasteiger partial charge in [-0.2, -0.15) is 0 Å². The molecule has 1 aliphatic carbocycles. The Kier molecular flexibility index (Phi) is 2.64. The van der Waals surface area contributed by atoms with Crippen LogP contribution >= 0.6 is 0 Å². The van der Waals surface area contributed by atoms with E-state index in [0.717, 1.165) is 6.42 Å². The van der Waals surface area contributed by atoms with E-state index in [1.165, 1.54) is 0 Å². The minimum Gasteiger partial charge on any atom is -0.392 e. The summed E-state index contributed by atoms with van der Waals surface area (Å²) in [5.41, 5.74) is 2.54. The molecule has 1 N–H and O–H groups in total. The third-order valence-electron chi connectivity index (χ3n) is 2.01. The topological polar surface area (TPSA) is 37.3 Å². The number of aliphatic hydroxyl groups is 1. The highest BCUT2D eigenvalue weighted by molar-refractivity contribution is 5.83. The zero-order valence-corrected chi connectivity index (χ0v) is 6.42. The van der Waals surface area contributed by atoms with Gasteiger partial charge in [-0.25, -0.2) is 0 Å². The number of hydrogen-bond donors (Lipinski definition) is 1. The molecule has 1 rings (SSSR count). The SMILES string of the molecule is C=C=CC1C(=O)CCCC1O. The van der Waals surface area contributed by atoms with Crippen LogP contribution in [0.2, 0.25) is 0 Å². The van der Waals surface area contributed by atoms with Gasteiger partial charge < -0.3 is 5.11 Å². The van der Waals surface area contributed by atoms with Crippen LogP contribution < -0.4 is 0 Å². The summed E-state index contributed by atoms with van der Waals surface area (Å²) in [5, 5.41) is 9.35. The Bertz CT molecular complexity index is 202. The number of carbonyl (C=O) groups is 1. The van der Waals surface area contributed by atoms with Crippen LogP contribution in [-0.2, 0) is 4.79 Å². The summed E-state index contributed by atoms with van der Waals surface area (Å²) in [5.74, 6) is -0.235. The molecule has 0 spiro atoms. The molecule has 0 radical (unpaired) electrons. The van der Waals surface area contributed by atoms with Crippen LogP contribution in [0.4, 0.5) is 0 Å². The number of aliphatic hydroxyl groups excluding tert-OH is 1. The maximum absolute atomic E-state index is 11.1. The molecule has 0 bridgehead atoms. The lowest BCUT2D eigenvalue weighted by atomic mass is 9.85. The number of hydrogen-bond acceptors (Lipinski definition) is 2. The van der Waals surface area contributed by atoms with E-state index in [2.05, 4.69) is 12.3 Å². The Hall–Kier alpha value is -0.850. The van der Waals surface area contributed by atoms with E-state index < -0.39 is 6.10 Å². The fraction of sp³-hybridized carbons (Fsp3) is 0.556. The smallest absolute Gasteiger partial charge is 0.142 e. The fourth-order valence-corrected chi connectivity index (χ4v) is 1.38. The van der Waals surface area contributed by atoms with Crippen LogP contribution in [0.25, 0.3) is 0 Å². The molecule has 0 heterocycles. The summed E-state index contributed by atoms with van der Waals surface area (Å²) in [6, 6.07) is 0. The van der Waals surface area contributed by atoms with Gasteiger partial charge in [0.15, 0.2) is 0 Å². The first-order valence-corrected chi connectivity index (χ1v) is 3.82. The monoisotopic (exact) mass is 152 g/mol. The molecule has 0 aromatic carbocycles.